The monoisotopic (exact) mass is 260 g/mol. The molecule has 3 heteroatoms. The molecule has 19 heavy (non-hydrogen) atoms. The Bertz CT molecular complexity index is 450. The highest BCUT2D eigenvalue weighted by atomic mass is 16.2. The van der Waals surface area contributed by atoms with Gasteiger partial charge >= 0.3 is 0 Å². The first-order valence-electron chi connectivity index (χ1n) is 7.11. The highest BCUT2D eigenvalue weighted by molar-refractivity contribution is 5.83. The number of carbonyl (C=O) groups is 1. The standard InChI is InChI=1S/C16H24N2O/c1-4-18(11-14-8-6-5-7-13(14)2)15(19)16(3)9-10-17-12-16/h5-8,17H,4,9-12H2,1-3H3/t16-/m0/s1. The smallest absolute Gasteiger partial charge is 0.230 e. The summed E-state index contributed by atoms with van der Waals surface area (Å²) in [5, 5.41) is 3.30. The van der Waals surface area contributed by atoms with Crippen LogP contribution in [0.5, 0.6) is 0 Å². The van der Waals surface area contributed by atoms with E-state index in [9.17, 15) is 4.79 Å². The van der Waals surface area contributed by atoms with Gasteiger partial charge in [-0.3, -0.25) is 4.79 Å². The Labute approximate surface area is 116 Å². The van der Waals surface area contributed by atoms with Crippen LogP contribution in [0.4, 0.5) is 0 Å². The summed E-state index contributed by atoms with van der Waals surface area (Å²) in [6, 6.07) is 8.30. The van der Waals surface area contributed by atoms with Crippen LogP contribution in [0.15, 0.2) is 24.3 Å². The van der Waals surface area contributed by atoms with Crippen LogP contribution in [0.1, 0.15) is 31.4 Å². The minimum Gasteiger partial charge on any atom is -0.338 e. The van der Waals surface area contributed by atoms with E-state index in [4.69, 9.17) is 0 Å². The van der Waals surface area contributed by atoms with Gasteiger partial charge in [0, 0.05) is 19.6 Å². The van der Waals surface area contributed by atoms with Crippen molar-refractivity contribution >= 4 is 5.91 Å². The Kier molecular flexibility index (Phi) is 4.25. The van der Waals surface area contributed by atoms with Gasteiger partial charge in [-0.2, -0.15) is 0 Å². The van der Waals surface area contributed by atoms with Gasteiger partial charge in [0.15, 0.2) is 0 Å². The first kappa shape index (κ1) is 14.1. The van der Waals surface area contributed by atoms with E-state index in [0.717, 1.165) is 32.6 Å². The summed E-state index contributed by atoms with van der Waals surface area (Å²) < 4.78 is 0. The van der Waals surface area contributed by atoms with Gasteiger partial charge in [0.1, 0.15) is 0 Å². The van der Waals surface area contributed by atoms with Crippen molar-refractivity contribution in [3.8, 4) is 0 Å². The van der Waals surface area contributed by atoms with Gasteiger partial charge in [-0.25, -0.2) is 0 Å². The van der Waals surface area contributed by atoms with E-state index in [0.29, 0.717) is 0 Å². The molecule has 1 heterocycles. The summed E-state index contributed by atoms with van der Waals surface area (Å²) in [6.45, 7) is 9.48. The molecule has 1 aliphatic rings. The highest BCUT2D eigenvalue weighted by Gasteiger charge is 2.38. The van der Waals surface area contributed by atoms with Crippen molar-refractivity contribution in [2.75, 3.05) is 19.6 Å². The van der Waals surface area contributed by atoms with E-state index in [-0.39, 0.29) is 11.3 Å². The summed E-state index contributed by atoms with van der Waals surface area (Å²) in [4.78, 5) is 14.7. The maximum absolute atomic E-state index is 12.7. The van der Waals surface area contributed by atoms with Crippen molar-refractivity contribution in [3.63, 3.8) is 0 Å². The van der Waals surface area contributed by atoms with Crippen LogP contribution in [-0.2, 0) is 11.3 Å². The maximum Gasteiger partial charge on any atom is 0.230 e. The lowest BCUT2D eigenvalue weighted by molar-refractivity contribution is -0.140. The highest BCUT2D eigenvalue weighted by Crippen LogP contribution is 2.28. The van der Waals surface area contributed by atoms with Crippen molar-refractivity contribution in [3.05, 3.63) is 35.4 Å². The Morgan fingerprint density at radius 3 is 2.74 bits per heavy atom. The second-order valence-electron chi connectivity index (χ2n) is 5.73. The quantitative estimate of drug-likeness (QED) is 0.901. The summed E-state index contributed by atoms with van der Waals surface area (Å²) in [5.41, 5.74) is 2.27. The van der Waals surface area contributed by atoms with E-state index in [1.54, 1.807) is 0 Å². The normalized spacial score (nSPS) is 22.5. The zero-order chi connectivity index (χ0) is 13.9. The van der Waals surface area contributed by atoms with Crippen molar-refractivity contribution in [2.24, 2.45) is 5.41 Å². The van der Waals surface area contributed by atoms with Gasteiger partial charge < -0.3 is 10.2 Å². The third kappa shape index (κ3) is 2.98. The third-order valence-corrected chi connectivity index (χ3v) is 4.18. The number of amides is 1. The molecule has 1 aromatic carbocycles. The molecule has 1 fully saturated rings. The van der Waals surface area contributed by atoms with E-state index in [1.807, 2.05) is 17.0 Å². The number of nitrogens with one attached hydrogen (secondary N) is 1. The molecule has 1 amide bonds. The van der Waals surface area contributed by atoms with Crippen LogP contribution in [-0.4, -0.2) is 30.4 Å². The van der Waals surface area contributed by atoms with Crippen LogP contribution < -0.4 is 5.32 Å². The second kappa shape index (κ2) is 5.74. The number of nitrogens with zero attached hydrogens (tertiary/aromatic N) is 1. The lowest BCUT2D eigenvalue weighted by atomic mass is 9.88. The summed E-state index contributed by atoms with van der Waals surface area (Å²) >= 11 is 0. The second-order valence-corrected chi connectivity index (χ2v) is 5.73. The number of rotatable bonds is 4. The zero-order valence-electron chi connectivity index (χ0n) is 12.2. The first-order valence-corrected chi connectivity index (χ1v) is 7.11. The van der Waals surface area contributed by atoms with E-state index in [1.165, 1.54) is 11.1 Å². The first-order chi connectivity index (χ1) is 9.07. The van der Waals surface area contributed by atoms with Gasteiger partial charge in [0.05, 0.1) is 5.41 Å². The lowest BCUT2D eigenvalue weighted by Gasteiger charge is -2.31. The predicted molar refractivity (Wildman–Crippen MR) is 77.9 cm³/mol. The molecule has 0 unspecified atom stereocenters. The molecule has 0 saturated carbocycles. The molecule has 1 aromatic rings. The molecule has 1 N–H and O–H groups in total. The lowest BCUT2D eigenvalue weighted by Crippen LogP contribution is -2.43. The van der Waals surface area contributed by atoms with E-state index in [2.05, 4.69) is 38.2 Å². The summed E-state index contributed by atoms with van der Waals surface area (Å²) in [5.74, 6) is 0.281. The van der Waals surface area contributed by atoms with Crippen LogP contribution in [0.2, 0.25) is 0 Å². The Morgan fingerprint density at radius 1 is 1.42 bits per heavy atom. The molecule has 0 bridgehead atoms. The largest absolute Gasteiger partial charge is 0.338 e. The van der Waals surface area contributed by atoms with Gasteiger partial charge in [-0.1, -0.05) is 24.3 Å². The molecular formula is C16H24N2O. The average Bonchev–Trinajstić information content (AvgIpc) is 2.85. The van der Waals surface area contributed by atoms with Gasteiger partial charge in [-0.15, -0.1) is 0 Å². The summed E-state index contributed by atoms with van der Waals surface area (Å²) in [7, 11) is 0. The Balaban J connectivity index is 2.12. The number of hydrogen-bond acceptors (Lipinski definition) is 2. The SMILES string of the molecule is CCN(Cc1ccccc1C)C(=O)[C@@]1(C)CCNC1. The van der Waals surface area contributed by atoms with Gasteiger partial charge in [0.25, 0.3) is 0 Å². The summed E-state index contributed by atoms with van der Waals surface area (Å²) in [6.07, 6.45) is 0.941. The number of aryl methyl sites for hydroxylation is 1. The molecule has 0 aromatic heterocycles. The van der Waals surface area contributed by atoms with Crippen molar-refractivity contribution in [2.45, 2.75) is 33.7 Å². The predicted octanol–water partition coefficient (Wildman–Crippen LogP) is 2.34. The number of benzene rings is 1. The average molecular weight is 260 g/mol. The van der Waals surface area contributed by atoms with Crippen LogP contribution in [0, 0.1) is 12.3 Å². The minimum atomic E-state index is -0.224. The van der Waals surface area contributed by atoms with E-state index >= 15 is 0 Å². The molecule has 0 radical (unpaired) electrons. The Morgan fingerprint density at radius 2 is 2.16 bits per heavy atom. The van der Waals surface area contributed by atoms with Gasteiger partial charge in [0.2, 0.25) is 5.91 Å². The molecule has 1 aliphatic heterocycles. The number of carbonyl (C=O) groups excluding carboxylic acids is 1. The molecule has 104 valence electrons. The van der Waals surface area contributed by atoms with Crippen molar-refractivity contribution < 1.29 is 4.79 Å². The minimum absolute atomic E-state index is 0.224. The molecule has 1 atom stereocenters. The van der Waals surface area contributed by atoms with Crippen LogP contribution >= 0.6 is 0 Å². The third-order valence-electron chi connectivity index (χ3n) is 4.18. The zero-order valence-corrected chi connectivity index (χ0v) is 12.2. The molecule has 0 spiro atoms. The van der Waals surface area contributed by atoms with Crippen LogP contribution in [0.3, 0.4) is 0 Å². The topological polar surface area (TPSA) is 32.3 Å². The van der Waals surface area contributed by atoms with Gasteiger partial charge in [-0.05, 0) is 44.9 Å². The molecular weight excluding hydrogens is 236 g/mol. The van der Waals surface area contributed by atoms with E-state index < -0.39 is 0 Å². The molecule has 0 aliphatic carbocycles. The molecule has 2 rings (SSSR count). The fourth-order valence-corrected chi connectivity index (χ4v) is 2.70. The maximum atomic E-state index is 12.7. The number of hydrogen-bond donors (Lipinski definition) is 1. The van der Waals surface area contributed by atoms with Crippen molar-refractivity contribution in [1.29, 1.82) is 0 Å². The fourth-order valence-electron chi connectivity index (χ4n) is 2.70. The molecule has 3 nitrogen and oxygen atoms in total. The van der Waals surface area contributed by atoms with Crippen molar-refractivity contribution in [1.82, 2.24) is 10.2 Å². The fraction of sp³-hybridized carbons (Fsp3) is 0.562. The van der Waals surface area contributed by atoms with Crippen LogP contribution in [0.25, 0.3) is 0 Å². The molecule has 1 saturated heterocycles. The Hall–Kier alpha value is -1.35.